The van der Waals surface area contributed by atoms with E-state index >= 15 is 0 Å². The van der Waals surface area contributed by atoms with Crippen molar-refractivity contribution in [3.63, 3.8) is 0 Å². The highest BCUT2D eigenvalue weighted by Crippen LogP contribution is 2.12. The molecule has 19 heavy (non-hydrogen) atoms. The molecule has 0 saturated carbocycles. The van der Waals surface area contributed by atoms with E-state index in [0.29, 0.717) is 6.61 Å². The molecule has 1 aromatic rings. The zero-order valence-electron chi connectivity index (χ0n) is 11.7. The van der Waals surface area contributed by atoms with Crippen molar-refractivity contribution in [2.45, 2.75) is 25.8 Å². The van der Waals surface area contributed by atoms with E-state index in [0.717, 1.165) is 44.7 Å². The molecule has 0 amide bonds. The lowest BCUT2D eigenvalue weighted by Crippen LogP contribution is -2.18. The lowest BCUT2D eigenvalue weighted by atomic mass is 10.2. The van der Waals surface area contributed by atoms with Crippen LogP contribution in [0, 0.1) is 0 Å². The molecule has 0 atom stereocenters. The Labute approximate surface area is 115 Å². The molecule has 1 rings (SSSR count). The van der Waals surface area contributed by atoms with Gasteiger partial charge in [0.05, 0.1) is 13.2 Å². The van der Waals surface area contributed by atoms with Crippen molar-refractivity contribution >= 4 is 0 Å². The quantitative estimate of drug-likeness (QED) is 0.602. The summed E-state index contributed by atoms with van der Waals surface area (Å²) >= 11 is 0. The van der Waals surface area contributed by atoms with Crippen molar-refractivity contribution in [3.05, 3.63) is 29.8 Å². The number of aliphatic hydroxyl groups excluding tert-OH is 1. The van der Waals surface area contributed by atoms with Crippen molar-refractivity contribution in [3.8, 4) is 5.75 Å². The second kappa shape index (κ2) is 10.8. The van der Waals surface area contributed by atoms with Gasteiger partial charge in [-0.2, -0.15) is 0 Å². The van der Waals surface area contributed by atoms with Crippen LogP contribution >= 0.6 is 0 Å². The molecule has 0 fully saturated rings. The molecule has 0 heterocycles. The van der Waals surface area contributed by atoms with Gasteiger partial charge in [-0.1, -0.05) is 12.1 Å². The molecule has 4 heteroatoms. The highest BCUT2D eigenvalue weighted by molar-refractivity contribution is 5.27. The molecular formula is C15H25NO3. The summed E-state index contributed by atoms with van der Waals surface area (Å²) in [6.45, 7) is 3.42. The second-order valence-electron chi connectivity index (χ2n) is 4.45. The zero-order chi connectivity index (χ0) is 13.8. The van der Waals surface area contributed by atoms with Gasteiger partial charge in [0, 0.05) is 26.8 Å². The van der Waals surface area contributed by atoms with E-state index in [4.69, 9.17) is 14.6 Å². The monoisotopic (exact) mass is 267 g/mol. The van der Waals surface area contributed by atoms with Crippen LogP contribution in [0.1, 0.15) is 24.8 Å². The van der Waals surface area contributed by atoms with E-state index in [-0.39, 0.29) is 6.61 Å². The Hall–Kier alpha value is -1.10. The maximum Gasteiger partial charge on any atom is 0.119 e. The molecule has 0 spiro atoms. The van der Waals surface area contributed by atoms with E-state index in [1.807, 2.05) is 12.1 Å². The number of hydrogen-bond donors (Lipinski definition) is 2. The number of nitrogens with one attached hydrogen (secondary N) is 1. The second-order valence-corrected chi connectivity index (χ2v) is 4.45. The summed E-state index contributed by atoms with van der Waals surface area (Å²) in [7, 11) is 1.70. The van der Waals surface area contributed by atoms with Gasteiger partial charge in [-0.15, -0.1) is 0 Å². The topological polar surface area (TPSA) is 50.7 Å². The Morgan fingerprint density at radius 1 is 1.05 bits per heavy atom. The van der Waals surface area contributed by atoms with Crippen LogP contribution in [0.15, 0.2) is 24.3 Å². The van der Waals surface area contributed by atoms with Gasteiger partial charge in [0.25, 0.3) is 0 Å². The fourth-order valence-electron chi connectivity index (χ4n) is 1.69. The fourth-order valence-corrected chi connectivity index (χ4v) is 1.69. The number of aliphatic hydroxyl groups is 1. The van der Waals surface area contributed by atoms with Crippen LogP contribution in [0.4, 0.5) is 0 Å². The molecule has 1 aromatic carbocycles. The van der Waals surface area contributed by atoms with Crippen molar-refractivity contribution in [2.24, 2.45) is 0 Å². The highest BCUT2D eigenvalue weighted by atomic mass is 16.5. The average molecular weight is 267 g/mol. The summed E-state index contributed by atoms with van der Waals surface area (Å²) in [5, 5.41) is 12.0. The first-order valence-corrected chi connectivity index (χ1v) is 6.89. The van der Waals surface area contributed by atoms with Crippen LogP contribution in [0.3, 0.4) is 0 Å². The van der Waals surface area contributed by atoms with Gasteiger partial charge in [0.15, 0.2) is 0 Å². The largest absolute Gasteiger partial charge is 0.494 e. The van der Waals surface area contributed by atoms with Crippen LogP contribution < -0.4 is 10.1 Å². The molecule has 108 valence electrons. The number of benzene rings is 1. The van der Waals surface area contributed by atoms with Gasteiger partial charge in [-0.3, -0.25) is 0 Å². The van der Waals surface area contributed by atoms with Crippen LogP contribution in [0.25, 0.3) is 0 Å². The Balaban J connectivity index is 2.16. The minimum atomic E-state index is 0.269. The third-order valence-corrected chi connectivity index (χ3v) is 2.81. The fraction of sp³-hybridized carbons (Fsp3) is 0.600. The molecule has 0 aliphatic rings. The Morgan fingerprint density at radius 3 is 2.53 bits per heavy atom. The number of rotatable bonds is 11. The maximum atomic E-state index is 8.66. The molecule has 4 nitrogen and oxygen atoms in total. The number of ether oxygens (including phenoxy) is 2. The van der Waals surface area contributed by atoms with Gasteiger partial charge in [0.2, 0.25) is 0 Å². The van der Waals surface area contributed by atoms with E-state index in [1.54, 1.807) is 7.11 Å². The molecule has 0 bridgehead atoms. The van der Waals surface area contributed by atoms with E-state index in [9.17, 15) is 0 Å². The Morgan fingerprint density at radius 2 is 1.84 bits per heavy atom. The van der Waals surface area contributed by atoms with Crippen LogP contribution in [0.5, 0.6) is 5.75 Å². The van der Waals surface area contributed by atoms with Crippen molar-refractivity contribution in [1.29, 1.82) is 0 Å². The lowest BCUT2D eigenvalue weighted by molar-refractivity contribution is 0.199. The van der Waals surface area contributed by atoms with Gasteiger partial charge >= 0.3 is 0 Å². The molecule has 0 aromatic heterocycles. The summed E-state index contributed by atoms with van der Waals surface area (Å²) < 4.78 is 10.6. The molecular weight excluding hydrogens is 242 g/mol. The van der Waals surface area contributed by atoms with Gasteiger partial charge < -0.3 is 19.9 Å². The summed E-state index contributed by atoms with van der Waals surface area (Å²) in [5.74, 6) is 0.907. The predicted molar refractivity (Wildman–Crippen MR) is 76.5 cm³/mol. The maximum absolute atomic E-state index is 8.66. The minimum Gasteiger partial charge on any atom is -0.494 e. The summed E-state index contributed by atoms with van der Waals surface area (Å²) in [4.78, 5) is 0. The van der Waals surface area contributed by atoms with E-state index in [2.05, 4.69) is 17.4 Å². The third kappa shape index (κ3) is 7.82. The van der Waals surface area contributed by atoms with Crippen LogP contribution in [-0.4, -0.2) is 38.6 Å². The zero-order valence-corrected chi connectivity index (χ0v) is 11.7. The lowest BCUT2D eigenvalue weighted by Gasteiger charge is -2.08. The summed E-state index contributed by atoms with van der Waals surface area (Å²) in [6, 6.07) is 8.14. The average Bonchev–Trinajstić information content (AvgIpc) is 2.45. The van der Waals surface area contributed by atoms with Crippen molar-refractivity contribution in [2.75, 3.05) is 33.5 Å². The number of unbranched alkanes of at least 4 members (excludes halogenated alkanes) is 2. The first-order chi connectivity index (χ1) is 9.36. The number of hydrogen-bond acceptors (Lipinski definition) is 4. The third-order valence-electron chi connectivity index (χ3n) is 2.81. The molecule has 0 aliphatic heterocycles. The minimum absolute atomic E-state index is 0.269. The normalized spacial score (nSPS) is 10.6. The molecule has 0 saturated heterocycles. The SMILES string of the molecule is COCCNCc1ccc(OCCCCCO)cc1. The summed E-state index contributed by atoms with van der Waals surface area (Å²) in [6.07, 6.45) is 2.86. The smallest absolute Gasteiger partial charge is 0.119 e. The summed E-state index contributed by atoms with van der Waals surface area (Å²) in [5.41, 5.74) is 1.24. The van der Waals surface area contributed by atoms with Crippen molar-refractivity contribution in [1.82, 2.24) is 5.32 Å². The predicted octanol–water partition coefficient (Wildman–Crippen LogP) is 1.96. The van der Waals surface area contributed by atoms with Crippen molar-refractivity contribution < 1.29 is 14.6 Å². The van der Waals surface area contributed by atoms with Gasteiger partial charge in [-0.05, 0) is 37.0 Å². The van der Waals surface area contributed by atoms with E-state index < -0.39 is 0 Å². The van der Waals surface area contributed by atoms with Gasteiger partial charge in [-0.25, -0.2) is 0 Å². The highest BCUT2D eigenvalue weighted by Gasteiger charge is 1.96. The van der Waals surface area contributed by atoms with Crippen LogP contribution in [0.2, 0.25) is 0 Å². The molecule has 0 aliphatic carbocycles. The Kier molecular flexibility index (Phi) is 9.06. The molecule has 0 radical (unpaired) electrons. The van der Waals surface area contributed by atoms with E-state index in [1.165, 1.54) is 5.56 Å². The first-order valence-electron chi connectivity index (χ1n) is 6.89. The number of methoxy groups -OCH3 is 1. The van der Waals surface area contributed by atoms with Gasteiger partial charge in [0.1, 0.15) is 5.75 Å². The molecule has 0 unspecified atom stereocenters. The molecule has 2 N–H and O–H groups in total. The Bertz CT molecular complexity index is 314. The van der Waals surface area contributed by atoms with Crippen LogP contribution in [-0.2, 0) is 11.3 Å². The first kappa shape index (κ1) is 16.0. The standard InChI is InChI=1S/C15H25NO3/c1-18-12-9-16-13-14-5-7-15(8-6-14)19-11-4-2-3-10-17/h5-8,16-17H,2-4,9-13H2,1H3.